The highest BCUT2D eigenvalue weighted by atomic mass is 31.2. The average molecular weight is 1030 g/mol. The number of nitrogens with zero attached hydrogens (tertiary/aromatic N) is 1. The van der Waals surface area contributed by atoms with Gasteiger partial charge in [-0.2, -0.15) is 0 Å². The quantitative estimate of drug-likeness (QED) is 0.0243. The van der Waals surface area contributed by atoms with Crippen molar-refractivity contribution in [3.05, 3.63) is 12.2 Å². The summed E-state index contributed by atoms with van der Waals surface area (Å²) in [4.78, 5) is 23.3. The number of rotatable bonds is 59. The number of unbranched alkanes of at least 4 members (excludes halogenated alkanes) is 46. The SMILES string of the molecule is CCCCCCCCCCCCCCCC/C=C/[C@@H](O)[C@H](COP(=O)(O)OCC[N+](C)(C)C)NC(=O)CCCCCCCCCCCCCCCCCCCCCCCCCCCCCCCCCCC. The van der Waals surface area contributed by atoms with E-state index in [1.807, 2.05) is 27.2 Å². The van der Waals surface area contributed by atoms with Gasteiger partial charge >= 0.3 is 7.82 Å². The van der Waals surface area contributed by atoms with Crippen molar-refractivity contribution in [3.8, 4) is 0 Å². The van der Waals surface area contributed by atoms with Crippen LogP contribution in [0.3, 0.4) is 0 Å². The zero-order valence-electron chi connectivity index (χ0n) is 48.5. The highest BCUT2D eigenvalue weighted by molar-refractivity contribution is 7.47. The van der Waals surface area contributed by atoms with Crippen molar-refractivity contribution >= 4 is 13.7 Å². The molecule has 424 valence electrons. The van der Waals surface area contributed by atoms with E-state index in [4.69, 9.17) is 9.05 Å². The van der Waals surface area contributed by atoms with Crippen LogP contribution in [-0.4, -0.2) is 73.4 Å². The molecule has 9 heteroatoms. The monoisotopic (exact) mass is 1030 g/mol. The topological polar surface area (TPSA) is 105 Å². The molecule has 0 aromatic carbocycles. The Balaban J connectivity index is 3.97. The number of carbonyl (C=O) groups is 1. The van der Waals surface area contributed by atoms with Gasteiger partial charge in [0, 0.05) is 6.42 Å². The molecule has 0 fully saturated rings. The van der Waals surface area contributed by atoms with Gasteiger partial charge in [0.15, 0.2) is 0 Å². The van der Waals surface area contributed by atoms with Gasteiger partial charge in [-0.05, 0) is 19.3 Å². The predicted octanol–water partition coefficient (Wildman–Crippen LogP) is 19.4. The highest BCUT2D eigenvalue weighted by Gasteiger charge is 2.28. The first-order valence-corrected chi connectivity index (χ1v) is 33.1. The molecule has 0 aliphatic carbocycles. The van der Waals surface area contributed by atoms with Crippen LogP contribution in [0.15, 0.2) is 12.2 Å². The minimum absolute atomic E-state index is 0.0652. The fourth-order valence-corrected chi connectivity index (χ4v) is 10.5. The van der Waals surface area contributed by atoms with E-state index in [1.54, 1.807) is 6.08 Å². The molecule has 0 bridgehead atoms. The second kappa shape index (κ2) is 54.0. The van der Waals surface area contributed by atoms with Crippen LogP contribution >= 0.6 is 7.82 Å². The highest BCUT2D eigenvalue weighted by Crippen LogP contribution is 2.43. The number of allylic oxidation sites excluding steroid dienone is 1. The lowest BCUT2D eigenvalue weighted by Crippen LogP contribution is -2.45. The number of aliphatic hydroxyl groups is 1. The molecule has 0 rings (SSSR count). The third-order valence-electron chi connectivity index (χ3n) is 14.8. The molecule has 0 heterocycles. The largest absolute Gasteiger partial charge is 0.472 e. The molecule has 3 N–H and O–H groups in total. The summed E-state index contributed by atoms with van der Waals surface area (Å²) in [5, 5.41) is 13.9. The zero-order chi connectivity index (χ0) is 52.0. The third kappa shape index (κ3) is 56.8. The maximum Gasteiger partial charge on any atom is 0.472 e. The number of quaternary nitrogens is 1. The van der Waals surface area contributed by atoms with E-state index in [0.29, 0.717) is 17.4 Å². The fourth-order valence-electron chi connectivity index (χ4n) is 9.81. The Labute approximate surface area is 443 Å². The van der Waals surface area contributed by atoms with E-state index in [0.717, 1.165) is 32.1 Å². The minimum atomic E-state index is -4.34. The number of phosphoric acid groups is 1. The molecule has 3 atom stereocenters. The van der Waals surface area contributed by atoms with E-state index in [1.165, 1.54) is 276 Å². The molecule has 1 unspecified atom stereocenters. The summed E-state index contributed by atoms with van der Waals surface area (Å²) in [5.74, 6) is -0.169. The fraction of sp³-hybridized carbons (Fsp3) is 0.952. The number of likely N-dealkylation sites (N-methyl/N-ethyl adjacent to an activating group) is 1. The molecule has 0 aliphatic heterocycles. The zero-order valence-corrected chi connectivity index (χ0v) is 49.4. The van der Waals surface area contributed by atoms with Crippen LogP contribution in [0.1, 0.15) is 328 Å². The molecule has 0 aromatic heterocycles. The first kappa shape index (κ1) is 70.2. The lowest BCUT2D eigenvalue weighted by atomic mass is 10.0. The van der Waals surface area contributed by atoms with Crippen molar-refractivity contribution in [2.24, 2.45) is 0 Å². The molecule has 0 aromatic rings. The summed E-state index contributed by atoms with van der Waals surface area (Å²) in [5.41, 5.74) is 0. The molecule has 0 saturated carbocycles. The summed E-state index contributed by atoms with van der Waals surface area (Å²) >= 11 is 0. The summed E-state index contributed by atoms with van der Waals surface area (Å²) in [7, 11) is 1.59. The molecular weight excluding hydrogens is 900 g/mol. The molecule has 0 aliphatic rings. The number of nitrogens with one attached hydrogen (secondary N) is 1. The molecular formula is C62H126N2O6P+. The molecule has 0 radical (unpaired) electrons. The number of carbonyl (C=O) groups excluding carboxylic acids is 1. The van der Waals surface area contributed by atoms with E-state index < -0.39 is 20.0 Å². The second-order valence-electron chi connectivity index (χ2n) is 23.2. The third-order valence-corrected chi connectivity index (χ3v) is 15.7. The summed E-state index contributed by atoms with van der Waals surface area (Å²) < 4.78 is 23.7. The van der Waals surface area contributed by atoms with Gasteiger partial charge in [0.1, 0.15) is 13.2 Å². The van der Waals surface area contributed by atoms with Gasteiger partial charge in [-0.1, -0.05) is 315 Å². The van der Waals surface area contributed by atoms with Crippen molar-refractivity contribution in [1.29, 1.82) is 0 Å². The molecule has 0 saturated heterocycles. The van der Waals surface area contributed by atoms with Crippen molar-refractivity contribution < 1.29 is 32.9 Å². The van der Waals surface area contributed by atoms with E-state index in [2.05, 4.69) is 19.2 Å². The molecule has 8 nitrogen and oxygen atoms in total. The summed E-state index contributed by atoms with van der Waals surface area (Å²) in [6, 6.07) is -0.842. The summed E-state index contributed by atoms with van der Waals surface area (Å²) in [6.07, 6.45) is 67.7. The van der Waals surface area contributed by atoms with Crippen LogP contribution in [0.25, 0.3) is 0 Å². The van der Waals surface area contributed by atoms with Gasteiger partial charge in [0.2, 0.25) is 5.91 Å². The van der Waals surface area contributed by atoms with E-state index in [9.17, 15) is 19.4 Å². The number of phosphoric ester groups is 1. The standard InChI is InChI=1S/C62H125N2O6P/c1-6-8-10-12-14-16-18-20-22-24-25-26-27-28-29-30-31-32-33-34-35-36-37-38-39-40-42-44-46-48-50-52-54-56-62(66)63-60(59-70-71(67,68)69-58-57-64(3,4)5)61(65)55-53-51-49-47-45-43-41-23-21-19-17-15-13-11-9-7-2/h53,55,60-61,65H,6-52,54,56-59H2,1-5H3,(H-,63,66,67,68)/p+1/b55-53+/t60-,61+/m0/s1. The van der Waals surface area contributed by atoms with Crippen LogP contribution in [-0.2, 0) is 18.4 Å². The van der Waals surface area contributed by atoms with Gasteiger partial charge in [-0.15, -0.1) is 0 Å². The van der Waals surface area contributed by atoms with Gasteiger partial charge in [0.25, 0.3) is 0 Å². The van der Waals surface area contributed by atoms with Crippen molar-refractivity contribution in [3.63, 3.8) is 0 Å². The minimum Gasteiger partial charge on any atom is -0.387 e. The van der Waals surface area contributed by atoms with Crippen molar-refractivity contribution in [2.45, 2.75) is 341 Å². The lowest BCUT2D eigenvalue weighted by molar-refractivity contribution is -0.870. The maximum atomic E-state index is 13.0. The predicted molar refractivity (Wildman–Crippen MR) is 309 cm³/mol. The van der Waals surface area contributed by atoms with Gasteiger partial charge in [-0.25, -0.2) is 4.57 Å². The Kier molecular flexibility index (Phi) is 53.5. The van der Waals surface area contributed by atoms with E-state index in [-0.39, 0.29) is 19.1 Å². The molecule has 0 spiro atoms. The number of aliphatic hydroxyl groups excluding tert-OH is 1. The Morgan fingerprint density at radius 1 is 0.465 bits per heavy atom. The second-order valence-corrected chi connectivity index (χ2v) is 24.6. The number of hydrogen-bond acceptors (Lipinski definition) is 5. The van der Waals surface area contributed by atoms with Crippen LogP contribution in [0, 0.1) is 0 Å². The Morgan fingerprint density at radius 3 is 1.04 bits per heavy atom. The van der Waals surface area contributed by atoms with Gasteiger partial charge in [-0.3, -0.25) is 13.8 Å². The van der Waals surface area contributed by atoms with Gasteiger partial charge in [0.05, 0.1) is 39.9 Å². The Bertz CT molecular complexity index is 1160. The Hall–Kier alpha value is -0.760. The average Bonchev–Trinajstić information content (AvgIpc) is 3.33. The number of hydrogen-bond donors (Lipinski definition) is 3. The first-order chi connectivity index (χ1) is 34.5. The maximum absolute atomic E-state index is 13.0. The van der Waals surface area contributed by atoms with Crippen LogP contribution in [0.5, 0.6) is 0 Å². The first-order valence-electron chi connectivity index (χ1n) is 31.6. The van der Waals surface area contributed by atoms with Crippen molar-refractivity contribution in [1.82, 2.24) is 5.32 Å². The summed E-state index contributed by atoms with van der Waals surface area (Å²) in [6.45, 7) is 4.87. The number of amides is 1. The molecule has 1 amide bonds. The van der Waals surface area contributed by atoms with Crippen LogP contribution < -0.4 is 5.32 Å². The molecule has 71 heavy (non-hydrogen) atoms. The Morgan fingerprint density at radius 2 is 0.746 bits per heavy atom. The van der Waals surface area contributed by atoms with E-state index >= 15 is 0 Å². The lowest BCUT2D eigenvalue weighted by Gasteiger charge is -2.25. The van der Waals surface area contributed by atoms with Crippen molar-refractivity contribution in [2.75, 3.05) is 40.9 Å². The normalized spacial score (nSPS) is 13.8. The van der Waals surface area contributed by atoms with Gasteiger partial charge < -0.3 is 19.8 Å². The van der Waals surface area contributed by atoms with Crippen LogP contribution in [0.4, 0.5) is 0 Å². The smallest absolute Gasteiger partial charge is 0.387 e. The van der Waals surface area contributed by atoms with Crippen LogP contribution in [0.2, 0.25) is 0 Å².